The number of hydrogen-bond acceptors (Lipinski definition) is 6. The number of nitrogens with zero attached hydrogens (tertiary/aromatic N) is 2. The van der Waals surface area contributed by atoms with E-state index in [0.29, 0.717) is 11.5 Å². The fourth-order valence-corrected chi connectivity index (χ4v) is 5.64. The van der Waals surface area contributed by atoms with E-state index in [1.165, 1.54) is 24.1 Å². The highest BCUT2D eigenvalue weighted by Gasteiger charge is 2.34. The van der Waals surface area contributed by atoms with Gasteiger partial charge >= 0.3 is 0 Å². The van der Waals surface area contributed by atoms with E-state index < -0.39 is 28.5 Å². The Balaban J connectivity index is 2.07. The number of nitrogens with one attached hydrogen (secondary N) is 1. The molecular weight excluding hydrogens is 542 g/mol. The van der Waals surface area contributed by atoms with Gasteiger partial charge in [-0.2, -0.15) is 0 Å². The summed E-state index contributed by atoms with van der Waals surface area (Å²) in [5.74, 6) is 0.0792. The van der Waals surface area contributed by atoms with Crippen molar-refractivity contribution in [3.63, 3.8) is 0 Å². The van der Waals surface area contributed by atoms with E-state index in [4.69, 9.17) is 9.47 Å². The number of amides is 2. The second-order valence-electron chi connectivity index (χ2n) is 9.86. The lowest BCUT2D eigenvalue weighted by Crippen LogP contribution is -2.52. The van der Waals surface area contributed by atoms with Gasteiger partial charge in [-0.3, -0.25) is 13.9 Å². The second kappa shape index (κ2) is 14.0. The summed E-state index contributed by atoms with van der Waals surface area (Å²) in [5, 5.41) is 2.93. The molecule has 9 nitrogen and oxygen atoms in total. The van der Waals surface area contributed by atoms with Gasteiger partial charge in [-0.05, 0) is 74.7 Å². The number of anilines is 1. The molecule has 2 amide bonds. The Kier molecular flexibility index (Phi) is 10.8. The molecule has 0 aliphatic heterocycles. The average molecular weight is 582 g/mol. The van der Waals surface area contributed by atoms with Gasteiger partial charge in [0.05, 0.1) is 24.8 Å². The minimum Gasteiger partial charge on any atom is -0.497 e. The van der Waals surface area contributed by atoms with Crippen LogP contribution in [0.3, 0.4) is 0 Å². The summed E-state index contributed by atoms with van der Waals surface area (Å²) in [6, 6.07) is 19.2. The number of methoxy groups -OCH3 is 2. The molecule has 0 saturated carbocycles. The minimum atomic E-state index is -4.19. The minimum absolute atomic E-state index is 0.0284. The lowest BCUT2D eigenvalue weighted by atomic mass is 10.1. The molecule has 3 aromatic carbocycles. The van der Waals surface area contributed by atoms with Gasteiger partial charge in [0.25, 0.3) is 10.0 Å². The number of hydrogen-bond donors (Lipinski definition) is 1. The Bertz CT molecular complexity index is 1430. The van der Waals surface area contributed by atoms with Crippen molar-refractivity contribution in [2.24, 2.45) is 0 Å². The molecule has 1 N–H and O–H groups in total. The number of ether oxygens (including phenoxy) is 2. The lowest BCUT2D eigenvalue weighted by Gasteiger charge is -2.33. The maximum Gasteiger partial charge on any atom is 0.264 e. The van der Waals surface area contributed by atoms with E-state index in [1.807, 2.05) is 20.8 Å². The predicted molar refractivity (Wildman–Crippen MR) is 160 cm³/mol. The summed E-state index contributed by atoms with van der Waals surface area (Å²) in [6.45, 7) is 6.85. The molecule has 0 bridgehead atoms. The van der Waals surface area contributed by atoms with Crippen molar-refractivity contribution in [2.75, 3.05) is 25.1 Å². The third-order valence-electron chi connectivity index (χ3n) is 6.89. The second-order valence-corrected chi connectivity index (χ2v) is 11.7. The van der Waals surface area contributed by atoms with Gasteiger partial charge in [0.15, 0.2) is 0 Å². The number of rotatable bonds is 13. The van der Waals surface area contributed by atoms with E-state index >= 15 is 0 Å². The van der Waals surface area contributed by atoms with Crippen LogP contribution in [0.4, 0.5) is 5.69 Å². The Morgan fingerprint density at radius 2 is 1.59 bits per heavy atom. The third kappa shape index (κ3) is 7.79. The predicted octanol–water partition coefficient (Wildman–Crippen LogP) is 4.54. The summed E-state index contributed by atoms with van der Waals surface area (Å²) in [7, 11) is -1.19. The summed E-state index contributed by atoms with van der Waals surface area (Å²) >= 11 is 0. The molecule has 3 rings (SSSR count). The number of sulfonamides is 1. The van der Waals surface area contributed by atoms with Crippen LogP contribution in [0, 0.1) is 6.92 Å². The highest BCUT2D eigenvalue weighted by atomic mass is 32.2. The first-order valence-electron chi connectivity index (χ1n) is 13.5. The SMILES string of the molecule is CC[C@@H](C)NC(=O)[C@H](C)N(Cc1ccc(OC)cc1)C(=O)CN(c1cc(C)ccc1OC)S(=O)(=O)c1ccccc1. The zero-order chi connectivity index (χ0) is 30.2. The van der Waals surface area contributed by atoms with E-state index in [2.05, 4.69) is 5.32 Å². The molecule has 0 aliphatic rings. The molecule has 41 heavy (non-hydrogen) atoms. The van der Waals surface area contributed by atoms with Crippen LogP contribution in [0.15, 0.2) is 77.7 Å². The Morgan fingerprint density at radius 3 is 2.17 bits per heavy atom. The van der Waals surface area contributed by atoms with Gasteiger partial charge in [0.1, 0.15) is 24.1 Å². The number of aryl methyl sites for hydroxylation is 1. The molecule has 0 fully saturated rings. The van der Waals surface area contributed by atoms with Crippen molar-refractivity contribution in [1.29, 1.82) is 0 Å². The lowest BCUT2D eigenvalue weighted by molar-refractivity contribution is -0.139. The number of benzene rings is 3. The van der Waals surface area contributed by atoms with Gasteiger partial charge < -0.3 is 19.7 Å². The normalized spacial score (nSPS) is 12.6. The Morgan fingerprint density at radius 1 is 0.927 bits per heavy atom. The average Bonchev–Trinajstić information content (AvgIpc) is 2.98. The maximum atomic E-state index is 14.1. The first-order valence-corrected chi connectivity index (χ1v) is 14.9. The highest BCUT2D eigenvalue weighted by molar-refractivity contribution is 7.92. The van der Waals surface area contributed by atoms with Crippen LogP contribution in [0.2, 0.25) is 0 Å². The van der Waals surface area contributed by atoms with Crippen LogP contribution in [0.5, 0.6) is 11.5 Å². The van der Waals surface area contributed by atoms with Gasteiger partial charge in [-0.25, -0.2) is 8.42 Å². The Hall–Kier alpha value is -4.05. The zero-order valence-electron chi connectivity index (χ0n) is 24.5. The van der Waals surface area contributed by atoms with E-state index in [-0.39, 0.29) is 29.1 Å². The summed E-state index contributed by atoms with van der Waals surface area (Å²) in [6.07, 6.45) is 0.723. The van der Waals surface area contributed by atoms with Crippen molar-refractivity contribution in [3.8, 4) is 11.5 Å². The smallest absolute Gasteiger partial charge is 0.264 e. The van der Waals surface area contributed by atoms with E-state index in [0.717, 1.165) is 21.9 Å². The molecule has 0 saturated heterocycles. The zero-order valence-corrected chi connectivity index (χ0v) is 25.3. The Labute approximate surface area is 243 Å². The van der Waals surface area contributed by atoms with Crippen molar-refractivity contribution < 1.29 is 27.5 Å². The van der Waals surface area contributed by atoms with E-state index in [9.17, 15) is 18.0 Å². The van der Waals surface area contributed by atoms with Crippen LogP contribution >= 0.6 is 0 Å². The van der Waals surface area contributed by atoms with Crippen LogP contribution in [0.1, 0.15) is 38.3 Å². The molecule has 10 heteroatoms. The molecule has 0 spiro atoms. The quantitative estimate of drug-likeness (QED) is 0.318. The van der Waals surface area contributed by atoms with Crippen LogP contribution in [0.25, 0.3) is 0 Å². The first-order chi connectivity index (χ1) is 19.5. The molecule has 0 aromatic heterocycles. The molecule has 0 heterocycles. The van der Waals surface area contributed by atoms with Crippen molar-refractivity contribution >= 4 is 27.5 Å². The molecule has 3 aromatic rings. The number of carbonyl (C=O) groups excluding carboxylic acids is 2. The van der Waals surface area contributed by atoms with Gasteiger partial charge in [0.2, 0.25) is 11.8 Å². The summed E-state index contributed by atoms with van der Waals surface area (Å²) in [5.41, 5.74) is 1.77. The van der Waals surface area contributed by atoms with Crippen LogP contribution in [-0.4, -0.2) is 58.0 Å². The topological polar surface area (TPSA) is 105 Å². The fourth-order valence-electron chi connectivity index (χ4n) is 4.20. The van der Waals surface area contributed by atoms with E-state index in [1.54, 1.807) is 74.7 Å². The molecule has 220 valence electrons. The van der Waals surface area contributed by atoms with Crippen LogP contribution < -0.4 is 19.1 Å². The van der Waals surface area contributed by atoms with Crippen LogP contribution in [-0.2, 0) is 26.2 Å². The third-order valence-corrected chi connectivity index (χ3v) is 8.67. The van der Waals surface area contributed by atoms with Gasteiger partial charge in [0, 0.05) is 12.6 Å². The number of carbonyl (C=O) groups is 2. The monoisotopic (exact) mass is 581 g/mol. The van der Waals surface area contributed by atoms with Gasteiger partial charge in [-0.1, -0.05) is 43.3 Å². The standard InChI is InChI=1S/C31H39N3O6S/c1-7-23(3)32-31(36)24(4)33(20-25-14-16-26(39-5)17-15-25)30(35)21-34(28-19-22(2)13-18-29(28)40-6)41(37,38)27-11-9-8-10-12-27/h8-19,23-24H,7,20-21H2,1-6H3,(H,32,36)/t23-,24+/m1/s1. The largest absolute Gasteiger partial charge is 0.497 e. The van der Waals surface area contributed by atoms with Crippen molar-refractivity contribution in [3.05, 3.63) is 83.9 Å². The maximum absolute atomic E-state index is 14.1. The molecule has 0 unspecified atom stereocenters. The van der Waals surface area contributed by atoms with Crippen molar-refractivity contribution in [2.45, 2.75) is 57.6 Å². The van der Waals surface area contributed by atoms with Crippen molar-refractivity contribution in [1.82, 2.24) is 10.2 Å². The summed E-state index contributed by atoms with van der Waals surface area (Å²) < 4.78 is 39.8. The molecule has 0 radical (unpaired) electrons. The molecule has 2 atom stereocenters. The fraction of sp³-hybridized carbons (Fsp3) is 0.355. The van der Waals surface area contributed by atoms with Gasteiger partial charge in [-0.15, -0.1) is 0 Å². The summed E-state index contributed by atoms with van der Waals surface area (Å²) in [4.78, 5) is 28.7. The molecule has 0 aliphatic carbocycles. The first kappa shape index (κ1) is 31.5. The highest BCUT2D eigenvalue weighted by Crippen LogP contribution is 2.33. The molecular formula is C31H39N3O6S.